The van der Waals surface area contributed by atoms with Crippen LogP contribution in [0.3, 0.4) is 0 Å². The summed E-state index contributed by atoms with van der Waals surface area (Å²) in [7, 11) is -2.00. The fourth-order valence-electron chi connectivity index (χ4n) is 2.44. The SMILES string of the molecule is COC(=O)C1(C2(O)CCS(=O)(=O)C2)CNC1. The van der Waals surface area contributed by atoms with E-state index in [1.54, 1.807) is 0 Å². The number of carbonyl (C=O) groups excluding carboxylic acids is 1. The molecule has 0 aromatic carbocycles. The smallest absolute Gasteiger partial charge is 0.317 e. The molecule has 1 unspecified atom stereocenters. The number of carbonyl (C=O) groups is 1. The van der Waals surface area contributed by atoms with Crippen molar-refractivity contribution in [2.24, 2.45) is 5.41 Å². The predicted molar refractivity (Wildman–Crippen MR) is 55.5 cm³/mol. The molecular formula is C9H15NO5S. The monoisotopic (exact) mass is 249 g/mol. The molecule has 2 rings (SSSR count). The number of hydrogen-bond acceptors (Lipinski definition) is 6. The minimum atomic E-state index is -3.24. The van der Waals surface area contributed by atoms with Crippen molar-refractivity contribution < 1.29 is 23.1 Å². The van der Waals surface area contributed by atoms with Gasteiger partial charge in [-0.05, 0) is 6.42 Å². The third kappa shape index (κ3) is 1.46. The summed E-state index contributed by atoms with van der Waals surface area (Å²) in [5.41, 5.74) is -2.57. The molecule has 0 aromatic rings. The standard InChI is InChI=1S/C9H15NO5S/c1-15-7(11)8(4-10-5-8)9(12)2-3-16(13,14)6-9/h10,12H,2-6H2,1H3. The molecule has 2 N–H and O–H groups in total. The van der Waals surface area contributed by atoms with Gasteiger partial charge in [0.05, 0.1) is 24.2 Å². The summed E-state index contributed by atoms with van der Waals surface area (Å²) in [4.78, 5) is 11.7. The number of sulfone groups is 1. The molecule has 2 fully saturated rings. The van der Waals surface area contributed by atoms with Crippen LogP contribution in [0.4, 0.5) is 0 Å². The maximum absolute atomic E-state index is 11.7. The van der Waals surface area contributed by atoms with E-state index in [-0.39, 0.29) is 31.0 Å². The average molecular weight is 249 g/mol. The average Bonchev–Trinajstić information content (AvgIpc) is 2.39. The number of hydrogen-bond donors (Lipinski definition) is 2. The molecule has 7 heteroatoms. The van der Waals surface area contributed by atoms with Gasteiger partial charge in [0.1, 0.15) is 5.41 Å². The summed E-state index contributed by atoms with van der Waals surface area (Å²) in [6.07, 6.45) is 0.103. The molecule has 0 spiro atoms. The van der Waals surface area contributed by atoms with Crippen molar-refractivity contribution in [1.29, 1.82) is 0 Å². The summed E-state index contributed by atoms with van der Waals surface area (Å²) < 4.78 is 27.5. The minimum Gasteiger partial charge on any atom is -0.468 e. The fourth-order valence-corrected chi connectivity index (χ4v) is 4.38. The number of methoxy groups -OCH3 is 1. The molecule has 2 aliphatic heterocycles. The molecular weight excluding hydrogens is 234 g/mol. The number of rotatable bonds is 2. The Bertz CT molecular complexity index is 414. The Labute approximate surface area is 93.9 Å². The van der Waals surface area contributed by atoms with Crippen LogP contribution in [-0.2, 0) is 19.4 Å². The van der Waals surface area contributed by atoms with E-state index < -0.39 is 26.8 Å². The molecule has 0 aliphatic carbocycles. The van der Waals surface area contributed by atoms with Crippen molar-refractivity contribution in [1.82, 2.24) is 5.32 Å². The van der Waals surface area contributed by atoms with Crippen LogP contribution in [0, 0.1) is 5.41 Å². The summed E-state index contributed by atoms with van der Waals surface area (Å²) >= 11 is 0. The largest absolute Gasteiger partial charge is 0.468 e. The van der Waals surface area contributed by atoms with Crippen LogP contribution in [-0.4, -0.2) is 56.8 Å². The highest BCUT2D eigenvalue weighted by molar-refractivity contribution is 7.91. The van der Waals surface area contributed by atoms with Crippen LogP contribution in [0.25, 0.3) is 0 Å². The topological polar surface area (TPSA) is 92.7 Å². The summed E-state index contributed by atoms with van der Waals surface area (Å²) in [5.74, 6) is -0.954. The lowest BCUT2D eigenvalue weighted by atomic mass is 9.67. The number of esters is 1. The van der Waals surface area contributed by atoms with Crippen LogP contribution in [0.2, 0.25) is 0 Å². The Morgan fingerprint density at radius 1 is 1.44 bits per heavy atom. The molecule has 2 aliphatic rings. The van der Waals surface area contributed by atoms with E-state index in [0.717, 1.165) is 0 Å². The lowest BCUT2D eigenvalue weighted by molar-refractivity contribution is -0.177. The van der Waals surface area contributed by atoms with E-state index in [9.17, 15) is 18.3 Å². The lowest BCUT2D eigenvalue weighted by Gasteiger charge is -2.48. The van der Waals surface area contributed by atoms with Crippen molar-refractivity contribution in [2.45, 2.75) is 12.0 Å². The number of nitrogens with one attached hydrogen (secondary N) is 1. The zero-order valence-corrected chi connectivity index (χ0v) is 9.84. The quantitative estimate of drug-likeness (QED) is 0.567. The molecule has 16 heavy (non-hydrogen) atoms. The lowest BCUT2D eigenvalue weighted by Crippen LogP contribution is -2.70. The van der Waals surface area contributed by atoms with Crippen molar-refractivity contribution in [3.8, 4) is 0 Å². The first-order valence-electron chi connectivity index (χ1n) is 5.07. The van der Waals surface area contributed by atoms with Gasteiger partial charge in [0.15, 0.2) is 9.84 Å². The van der Waals surface area contributed by atoms with Gasteiger partial charge in [0, 0.05) is 13.1 Å². The van der Waals surface area contributed by atoms with Gasteiger partial charge >= 0.3 is 5.97 Å². The maximum atomic E-state index is 11.7. The zero-order valence-electron chi connectivity index (χ0n) is 9.02. The predicted octanol–water partition coefficient (Wildman–Crippen LogP) is -1.70. The van der Waals surface area contributed by atoms with Gasteiger partial charge in [0.25, 0.3) is 0 Å². The molecule has 0 radical (unpaired) electrons. The Kier molecular flexibility index (Phi) is 2.52. The van der Waals surface area contributed by atoms with Crippen LogP contribution >= 0.6 is 0 Å². The van der Waals surface area contributed by atoms with Crippen LogP contribution in [0.1, 0.15) is 6.42 Å². The first kappa shape index (κ1) is 11.8. The fraction of sp³-hybridized carbons (Fsp3) is 0.889. The van der Waals surface area contributed by atoms with Crippen LogP contribution < -0.4 is 5.32 Å². The highest BCUT2D eigenvalue weighted by Gasteiger charge is 2.63. The van der Waals surface area contributed by atoms with Crippen LogP contribution in [0.5, 0.6) is 0 Å². The molecule has 92 valence electrons. The van der Waals surface area contributed by atoms with Gasteiger partial charge in [-0.25, -0.2) is 8.42 Å². The highest BCUT2D eigenvalue weighted by atomic mass is 32.2. The molecule has 0 bridgehead atoms. The van der Waals surface area contributed by atoms with Gasteiger partial charge in [-0.2, -0.15) is 0 Å². The molecule has 0 saturated carbocycles. The van der Waals surface area contributed by atoms with E-state index >= 15 is 0 Å². The van der Waals surface area contributed by atoms with E-state index in [1.165, 1.54) is 7.11 Å². The van der Waals surface area contributed by atoms with E-state index in [0.29, 0.717) is 0 Å². The zero-order chi connectivity index (χ0) is 12.0. The second kappa shape index (κ2) is 3.41. The van der Waals surface area contributed by atoms with E-state index in [2.05, 4.69) is 10.1 Å². The van der Waals surface area contributed by atoms with Gasteiger partial charge in [-0.3, -0.25) is 4.79 Å². The number of aliphatic hydroxyl groups is 1. The maximum Gasteiger partial charge on any atom is 0.317 e. The van der Waals surface area contributed by atoms with Crippen LogP contribution in [0.15, 0.2) is 0 Å². The third-order valence-electron chi connectivity index (χ3n) is 3.61. The second-order valence-corrected chi connectivity index (χ2v) is 6.73. The third-order valence-corrected chi connectivity index (χ3v) is 5.35. The van der Waals surface area contributed by atoms with E-state index in [1.807, 2.05) is 0 Å². The van der Waals surface area contributed by atoms with Gasteiger partial charge < -0.3 is 15.2 Å². The van der Waals surface area contributed by atoms with Gasteiger partial charge in [-0.1, -0.05) is 0 Å². The van der Waals surface area contributed by atoms with E-state index in [4.69, 9.17) is 0 Å². The molecule has 6 nitrogen and oxygen atoms in total. The highest BCUT2D eigenvalue weighted by Crippen LogP contribution is 2.43. The summed E-state index contributed by atoms with van der Waals surface area (Å²) in [6.45, 7) is 0.539. The first-order chi connectivity index (χ1) is 7.35. The summed E-state index contributed by atoms with van der Waals surface area (Å²) in [6, 6.07) is 0. The number of ether oxygens (including phenoxy) is 1. The van der Waals surface area contributed by atoms with Crippen molar-refractivity contribution in [3.05, 3.63) is 0 Å². The molecule has 0 amide bonds. The normalized spacial score (nSPS) is 35.4. The molecule has 2 saturated heterocycles. The Hall–Kier alpha value is -0.660. The Morgan fingerprint density at radius 3 is 2.38 bits per heavy atom. The second-order valence-electron chi connectivity index (χ2n) is 4.55. The minimum absolute atomic E-state index is 0.0672. The van der Waals surface area contributed by atoms with Gasteiger partial charge in [0.2, 0.25) is 0 Å². The Morgan fingerprint density at radius 2 is 2.06 bits per heavy atom. The molecule has 1 atom stereocenters. The summed E-state index contributed by atoms with van der Waals surface area (Å²) in [5, 5.41) is 13.3. The Balaban J connectivity index is 2.32. The molecule has 0 aromatic heterocycles. The van der Waals surface area contributed by atoms with Crippen molar-refractivity contribution in [3.63, 3.8) is 0 Å². The van der Waals surface area contributed by atoms with Crippen molar-refractivity contribution in [2.75, 3.05) is 31.7 Å². The first-order valence-corrected chi connectivity index (χ1v) is 6.89. The van der Waals surface area contributed by atoms with Gasteiger partial charge in [-0.15, -0.1) is 0 Å². The van der Waals surface area contributed by atoms with Crippen molar-refractivity contribution >= 4 is 15.8 Å². The molecule has 2 heterocycles.